The Kier molecular flexibility index (Phi) is 7.87. The number of carbonyl (C=O) groups is 1. The minimum absolute atomic E-state index is 0.110. The number of anilines is 1. The zero-order chi connectivity index (χ0) is 23.5. The van der Waals surface area contributed by atoms with Gasteiger partial charge < -0.3 is 31.4 Å². The second-order valence-electron chi connectivity index (χ2n) is 7.27. The van der Waals surface area contributed by atoms with E-state index in [1.54, 1.807) is 6.20 Å². The number of nitrogens with one attached hydrogen (secondary N) is 2. The van der Waals surface area contributed by atoms with Crippen LogP contribution in [0, 0.1) is 5.92 Å². The Morgan fingerprint density at radius 1 is 1.32 bits per heavy atom. The van der Waals surface area contributed by atoms with Crippen LogP contribution in [0.5, 0.6) is 0 Å². The summed E-state index contributed by atoms with van der Waals surface area (Å²) in [5, 5.41) is 23.1. The van der Waals surface area contributed by atoms with Gasteiger partial charge in [0.2, 0.25) is 0 Å². The highest BCUT2D eigenvalue weighted by atomic mass is 32.3. The topological polar surface area (TPSA) is 247 Å². The summed E-state index contributed by atoms with van der Waals surface area (Å²) < 4.78 is 37.1. The Hall–Kier alpha value is -2.40. The number of H-pyrrole nitrogens is 1. The normalized spacial score (nSPS) is 24.6. The maximum absolute atomic E-state index is 12.3. The Bertz CT molecular complexity index is 1000. The van der Waals surface area contributed by atoms with Gasteiger partial charge in [0.15, 0.2) is 5.82 Å². The molecule has 1 fully saturated rings. The number of nitrogens with two attached hydrogens (primary N) is 2. The molecule has 0 saturated carbocycles. The second-order valence-corrected chi connectivity index (χ2v) is 8.17. The molecule has 0 aliphatic carbocycles. The van der Waals surface area contributed by atoms with Gasteiger partial charge in [-0.1, -0.05) is 13.8 Å². The lowest BCUT2D eigenvalue weighted by Gasteiger charge is -2.24. The van der Waals surface area contributed by atoms with Gasteiger partial charge in [0.05, 0.1) is 24.2 Å². The number of aliphatic hydroxyl groups excluding tert-OH is 2. The molecule has 10 N–H and O–H groups in total. The first kappa shape index (κ1) is 24.9. The largest absolute Gasteiger partial charge is 0.456 e. The molecular weight excluding hydrogens is 436 g/mol. The summed E-state index contributed by atoms with van der Waals surface area (Å²) in [6.07, 6.45) is 0.972. The fourth-order valence-electron chi connectivity index (χ4n) is 3.12. The summed E-state index contributed by atoms with van der Waals surface area (Å²) in [5.41, 5.74) is 13.5. The van der Waals surface area contributed by atoms with Crippen molar-refractivity contribution < 1.29 is 37.3 Å². The van der Waals surface area contributed by atoms with Crippen LogP contribution in [-0.2, 0) is 19.9 Å². The zero-order valence-electron chi connectivity index (χ0n) is 16.7. The third-order valence-corrected chi connectivity index (χ3v) is 4.77. The summed E-state index contributed by atoms with van der Waals surface area (Å²) in [7, 11) is -4.67. The molecule has 0 aromatic carbocycles. The average molecular weight is 462 g/mol. The number of carbonyl (C=O) groups excluding carboxylic acids is 1. The monoisotopic (exact) mass is 462 g/mol. The number of nitrogen functional groups attached to an aromatic ring is 1. The molecule has 2 aromatic rings. The highest BCUT2D eigenvalue weighted by Crippen LogP contribution is 2.34. The van der Waals surface area contributed by atoms with Gasteiger partial charge >= 0.3 is 16.4 Å². The van der Waals surface area contributed by atoms with Gasteiger partial charge in [0, 0.05) is 11.8 Å². The first-order chi connectivity index (χ1) is 14.3. The van der Waals surface area contributed by atoms with Crippen LogP contribution < -0.4 is 16.8 Å². The van der Waals surface area contributed by atoms with Crippen LogP contribution in [0.15, 0.2) is 12.5 Å². The molecule has 0 bridgehead atoms. The van der Waals surface area contributed by atoms with E-state index in [2.05, 4.69) is 20.3 Å². The number of aliphatic hydroxyl groups is 2. The number of rotatable bonds is 5. The summed E-state index contributed by atoms with van der Waals surface area (Å²) in [4.78, 5) is 23.5. The number of aromatic nitrogens is 3. The number of aromatic amines is 1. The van der Waals surface area contributed by atoms with Crippen molar-refractivity contribution in [2.24, 2.45) is 11.7 Å². The Balaban J connectivity index is 0.000000614. The van der Waals surface area contributed by atoms with Crippen LogP contribution in [0.3, 0.4) is 0 Å². The third kappa shape index (κ3) is 6.07. The first-order valence-corrected chi connectivity index (χ1v) is 10.5. The van der Waals surface area contributed by atoms with Crippen LogP contribution in [0.2, 0.25) is 0 Å². The minimum atomic E-state index is -4.67. The summed E-state index contributed by atoms with van der Waals surface area (Å²) in [6, 6.07) is -2.05. The molecule has 31 heavy (non-hydrogen) atoms. The molecule has 15 heteroatoms. The molecule has 174 valence electrons. The maximum Gasteiger partial charge on any atom is 0.394 e. The maximum atomic E-state index is 12.3. The number of esters is 1. The SMILES string of the molecule is CC(C)C(N)C(=O)O[C@@H]1[C@H](O)[C@@H](CO)N[C@H]1c1c[nH]c2c(N)ncnc12.O=S(=O)(O)O. The zero-order valence-corrected chi connectivity index (χ0v) is 17.5. The molecule has 1 aliphatic heterocycles. The molecular formula is C16H26N6O8S. The van der Waals surface area contributed by atoms with Crippen LogP contribution in [0.1, 0.15) is 25.5 Å². The molecule has 1 unspecified atom stereocenters. The van der Waals surface area contributed by atoms with E-state index < -0.39 is 46.7 Å². The lowest BCUT2D eigenvalue weighted by molar-refractivity contribution is -0.157. The Morgan fingerprint density at radius 2 is 1.94 bits per heavy atom. The molecule has 0 spiro atoms. The van der Waals surface area contributed by atoms with Gasteiger partial charge in [0.1, 0.15) is 30.1 Å². The Labute approximate surface area is 177 Å². The molecule has 1 saturated heterocycles. The standard InChI is InChI=1S/C16H24N6O4.H2O4S/c1-6(2)9(17)16(25)26-14-11(22-8(4-23)13(14)24)7-3-19-12-10(7)20-5-21-15(12)18;1-5(2,3)4/h3,5-6,8-9,11,13-14,19,22-24H,4,17H2,1-2H3,(H2,18,20,21);(H2,1,2,3,4)/t8-,9?,11+,13-,14+;/m1./s1. The number of fused-ring (bicyclic) bond motifs is 1. The second kappa shape index (κ2) is 9.82. The summed E-state index contributed by atoms with van der Waals surface area (Å²) in [5.74, 6) is -0.431. The van der Waals surface area contributed by atoms with E-state index in [-0.39, 0.29) is 18.3 Å². The number of ether oxygens (including phenoxy) is 1. The minimum Gasteiger partial charge on any atom is -0.456 e. The van der Waals surface area contributed by atoms with Gasteiger partial charge in [-0.05, 0) is 5.92 Å². The molecule has 5 atom stereocenters. The third-order valence-electron chi connectivity index (χ3n) is 4.77. The smallest absolute Gasteiger partial charge is 0.394 e. The molecule has 3 rings (SSSR count). The highest BCUT2D eigenvalue weighted by molar-refractivity contribution is 7.79. The predicted octanol–water partition coefficient (Wildman–Crippen LogP) is -1.85. The van der Waals surface area contributed by atoms with E-state index >= 15 is 0 Å². The van der Waals surface area contributed by atoms with E-state index in [0.29, 0.717) is 16.6 Å². The van der Waals surface area contributed by atoms with Crippen molar-refractivity contribution in [1.82, 2.24) is 20.3 Å². The van der Waals surface area contributed by atoms with Crippen LogP contribution >= 0.6 is 0 Å². The number of hydrogen-bond acceptors (Lipinski definition) is 11. The van der Waals surface area contributed by atoms with Crippen molar-refractivity contribution in [3.05, 3.63) is 18.1 Å². The van der Waals surface area contributed by atoms with Crippen molar-refractivity contribution in [1.29, 1.82) is 0 Å². The van der Waals surface area contributed by atoms with E-state index in [4.69, 9.17) is 33.7 Å². The van der Waals surface area contributed by atoms with Crippen molar-refractivity contribution in [2.75, 3.05) is 12.3 Å². The molecule has 14 nitrogen and oxygen atoms in total. The van der Waals surface area contributed by atoms with Gasteiger partial charge in [-0.3, -0.25) is 19.2 Å². The van der Waals surface area contributed by atoms with E-state index in [1.165, 1.54) is 6.33 Å². The van der Waals surface area contributed by atoms with Gasteiger partial charge in [-0.2, -0.15) is 8.42 Å². The fraction of sp³-hybridized carbons (Fsp3) is 0.562. The van der Waals surface area contributed by atoms with E-state index in [1.807, 2.05) is 13.8 Å². The van der Waals surface area contributed by atoms with E-state index in [0.717, 1.165) is 0 Å². The van der Waals surface area contributed by atoms with Crippen molar-refractivity contribution >= 4 is 33.2 Å². The predicted molar refractivity (Wildman–Crippen MR) is 108 cm³/mol. The Morgan fingerprint density at radius 3 is 2.48 bits per heavy atom. The molecule has 1 aliphatic rings. The number of nitrogens with zero attached hydrogens (tertiary/aromatic N) is 2. The van der Waals surface area contributed by atoms with Crippen molar-refractivity contribution in [3.63, 3.8) is 0 Å². The van der Waals surface area contributed by atoms with Crippen LogP contribution in [-0.4, -0.2) is 79.6 Å². The lowest BCUT2D eigenvalue weighted by atomic mass is 10.0. The molecule has 2 aromatic heterocycles. The van der Waals surface area contributed by atoms with E-state index in [9.17, 15) is 15.0 Å². The van der Waals surface area contributed by atoms with Gasteiger partial charge in [-0.15, -0.1) is 0 Å². The summed E-state index contributed by atoms with van der Waals surface area (Å²) >= 11 is 0. The van der Waals surface area contributed by atoms with Crippen molar-refractivity contribution in [2.45, 2.75) is 44.2 Å². The van der Waals surface area contributed by atoms with Gasteiger partial charge in [0.25, 0.3) is 0 Å². The quantitative estimate of drug-likeness (QED) is 0.180. The van der Waals surface area contributed by atoms with Gasteiger partial charge in [-0.25, -0.2) is 9.97 Å². The molecule has 0 amide bonds. The highest BCUT2D eigenvalue weighted by Gasteiger charge is 2.46. The average Bonchev–Trinajstić information content (AvgIpc) is 3.22. The first-order valence-electron chi connectivity index (χ1n) is 9.13. The summed E-state index contributed by atoms with van der Waals surface area (Å²) in [6.45, 7) is 3.30. The fourth-order valence-corrected chi connectivity index (χ4v) is 3.12. The molecule has 3 heterocycles. The lowest BCUT2D eigenvalue weighted by Crippen LogP contribution is -2.43. The van der Waals surface area contributed by atoms with Crippen LogP contribution in [0.4, 0.5) is 5.82 Å². The van der Waals surface area contributed by atoms with Crippen molar-refractivity contribution in [3.8, 4) is 0 Å². The molecule has 0 radical (unpaired) electrons. The van der Waals surface area contributed by atoms with Crippen LogP contribution in [0.25, 0.3) is 11.0 Å². The number of hydrogen-bond donors (Lipinski definition) is 8.